The van der Waals surface area contributed by atoms with Gasteiger partial charge in [0.15, 0.2) is 0 Å². The molecule has 0 aliphatic heterocycles. The smallest absolute Gasteiger partial charge is 0.226 e. The predicted molar refractivity (Wildman–Crippen MR) is 87.0 cm³/mol. The van der Waals surface area contributed by atoms with Crippen LogP contribution < -0.4 is 4.31 Å². The molecule has 2 rings (SSSR count). The van der Waals surface area contributed by atoms with Crippen LogP contribution in [0.25, 0.3) is 10.4 Å². The molecule has 0 spiro atoms. The fourth-order valence-electron chi connectivity index (χ4n) is 1.97. The first-order valence-electron chi connectivity index (χ1n) is 6.40. The number of aryl methyl sites for hydroxylation is 1. The maximum absolute atomic E-state index is 11.5. The zero-order chi connectivity index (χ0) is 14.9. The van der Waals surface area contributed by atoms with Crippen molar-refractivity contribution < 1.29 is 8.42 Å². The Balaban J connectivity index is 2.39. The normalized spacial score (nSPS) is 11.8. The van der Waals surface area contributed by atoms with E-state index >= 15 is 0 Å². The van der Waals surface area contributed by atoms with Crippen LogP contribution >= 0.6 is 11.3 Å². The second-order valence-electron chi connectivity index (χ2n) is 5.72. The summed E-state index contributed by atoms with van der Waals surface area (Å²) in [6.07, 6.45) is 0. The largest absolute Gasteiger partial charge is 0.258 e. The Morgan fingerprint density at radius 1 is 1.00 bits per heavy atom. The lowest BCUT2D eigenvalue weighted by Gasteiger charge is -2.30. The first-order valence-corrected chi connectivity index (χ1v) is 8.35. The van der Waals surface area contributed by atoms with Gasteiger partial charge in [-0.2, -0.15) is 0 Å². The van der Waals surface area contributed by atoms with Crippen molar-refractivity contribution in [2.45, 2.75) is 33.2 Å². The van der Waals surface area contributed by atoms with Crippen molar-refractivity contribution in [1.29, 1.82) is 0 Å². The van der Waals surface area contributed by atoms with Crippen LogP contribution in [0.3, 0.4) is 0 Å². The second-order valence-corrected chi connectivity index (χ2v) is 7.66. The van der Waals surface area contributed by atoms with Gasteiger partial charge in [-0.1, -0.05) is 29.8 Å². The average Bonchev–Trinajstić information content (AvgIpc) is 2.76. The van der Waals surface area contributed by atoms with Crippen molar-refractivity contribution in [3.8, 4) is 10.4 Å². The zero-order valence-electron chi connectivity index (χ0n) is 12.1. The Hall–Kier alpha value is -1.33. The van der Waals surface area contributed by atoms with Crippen LogP contribution in [0.2, 0.25) is 0 Å². The molecule has 0 N–H and O–H groups in total. The third-order valence-electron chi connectivity index (χ3n) is 2.94. The van der Waals surface area contributed by atoms with E-state index in [4.69, 9.17) is 0 Å². The van der Waals surface area contributed by atoms with Gasteiger partial charge in [-0.15, -0.1) is 11.3 Å². The van der Waals surface area contributed by atoms with Crippen LogP contribution in [-0.2, 0) is 10.9 Å². The van der Waals surface area contributed by atoms with E-state index in [-0.39, 0.29) is 0 Å². The average molecular weight is 309 g/mol. The van der Waals surface area contributed by atoms with E-state index in [1.54, 1.807) is 0 Å². The molecule has 0 saturated carbocycles. The summed E-state index contributed by atoms with van der Waals surface area (Å²) in [6, 6.07) is 12.1. The van der Waals surface area contributed by atoms with Gasteiger partial charge in [0.25, 0.3) is 0 Å². The molecule has 3 nitrogen and oxygen atoms in total. The molecule has 0 bridgehead atoms. The molecular weight excluding hydrogens is 290 g/mol. The monoisotopic (exact) mass is 309 g/mol. The van der Waals surface area contributed by atoms with E-state index in [1.807, 2.05) is 39.8 Å². The summed E-state index contributed by atoms with van der Waals surface area (Å²) in [4.78, 5) is 1.08. The number of nitrogens with zero attached hydrogens (tertiary/aromatic N) is 1. The van der Waals surface area contributed by atoms with Gasteiger partial charge in [-0.3, -0.25) is 4.31 Å². The van der Waals surface area contributed by atoms with Gasteiger partial charge in [0, 0.05) is 10.4 Å². The third kappa shape index (κ3) is 3.22. The summed E-state index contributed by atoms with van der Waals surface area (Å²) in [5.74, 6) is 0. The van der Waals surface area contributed by atoms with Gasteiger partial charge in [0.2, 0.25) is 10.9 Å². The van der Waals surface area contributed by atoms with E-state index in [9.17, 15) is 8.42 Å². The van der Waals surface area contributed by atoms with Gasteiger partial charge < -0.3 is 0 Å². The Labute approximate surface area is 126 Å². The SMILES string of the molecule is Cc1ccc(-c2ccc(N([SH](=O)=O)C(C)(C)C)s2)cc1. The molecule has 0 atom stereocenters. The van der Waals surface area contributed by atoms with Crippen molar-refractivity contribution in [2.75, 3.05) is 4.31 Å². The molecule has 0 amide bonds. The van der Waals surface area contributed by atoms with Crippen molar-refractivity contribution in [3.63, 3.8) is 0 Å². The summed E-state index contributed by atoms with van der Waals surface area (Å²) in [6.45, 7) is 7.73. The number of hydrogen-bond acceptors (Lipinski definition) is 3. The van der Waals surface area contributed by atoms with Crippen molar-refractivity contribution >= 4 is 27.2 Å². The Morgan fingerprint density at radius 3 is 2.10 bits per heavy atom. The number of hydrogen-bond donors (Lipinski definition) is 1. The van der Waals surface area contributed by atoms with E-state index in [0.717, 1.165) is 15.4 Å². The van der Waals surface area contributed by atoms with Gasteiger partial charge in [0.1, 0.15) is 5.00 Å². The Bertz CT molecular complexity index is 656. The van der Waals surface area contributed by atoms with E-state index in [0.29, 0.717) is 0 Å². The molecule has 108 valence electrons. The van der Waals surface area contributed by atoms with Crippen molar-refractivity contribution in [1.82, 2.24) is 0 Å². The first kappa shape index (κ1) is 15.1. The third-order valence-corrected chi connectivity index (χ3v) is 5.33. The van der Waals surface area contributed by atoms with Crippen LogP contribution in [0.4, 0.5) is 5.00 Å². The van der Waals surface area contributed by atoms with Crippen molar-refractivity contribution in [2.24, 2.45) is 0 Å². The number of benzene rings is 1. The van der Waals surface area contributed by atoms with E-state index in [2.05, 4.69) is 24.3 Å². The molecule has 1 heterocycles. The molecule has 0 unspecified atom stereocenters. The summed E-state index contributed by atoms with van der Waals surface area (Å²) in [7, 11) is -2.65. The summed E-state index contributed by atoms with van der Waals surface area (Å²) < 4.78 is 24.5. The Morgan fingerprint density at radius 2 is 1.60 bits per heavy atom. The second kappa shape index (κ2) is 5.58. The Kier molecular flexibility index (Phi) is 4.20. The maximum atomic E-state index is 11.5. The minimum absolute atomic E-state index is 0.454. The molecule has 20 heavy (non-hydrogen) atoms. The number of anilines is 1. The van der Waals surface area contributed by atoms with Crippen LogP contribution in [0, 0.1) is 6.92 Å². The number of thiophene rings is 1. The molecule has 1 aromatic heterocycles. The molecule has 2 aromatic rings. The fourth-order valence-corrected chi connectivity index (χ4v) is 4.12. The van der Waals surface area contributed by atoms with Gasteiger partial charge >= 0.3 is 0 Å². The van der Waals surface area contributed by atoms with Crippen LogP contribution in [0.15, 0.2) is 36.4 Å². The van der Waals surface area contributed by atoms with Gasteiger partial charge in [-0.05, 0) is 45.4 Å². The summed E-state index contributed by atoms with van der Waals surface area (Å²) in [5.41, 5.74) is 1.87. The minimum atomic E-state index is -2.65. The first-order chi connectivity index (χ1) is 9.29. The molecule has 1 aromatic carbocycles. The highest BCUT2D eigenvalue weighted by Gasteiger charge is 2.25. The molecule has 0 aliphatic carbocycles. The minimum Gasteiger partial charge on any atom is -0.258 e. The lowest BCUT2D eigenvalue weighted by molar-refractivity contribution is 0.551. The highest BCUT2D eigenvalue weighted by Crippen LogP contribution is 2.36. The van der Waals surface area contributed by atoms with Gasteiger partial charge in [0.05, 0.1) is 0 Å². The van der Waals surface area contributed by atoms with Crippen LogP contribution in [0.5, 0.6) is 0 Å². The predicted octanol–water partition coefficient (Wildman–Crippen LogP) is 3.85. The van der Waals surface area contributed by atoms with Crippen LogP contribution in [-0.4, -0.2) is 14.0 Å². The summed E-state index contributed by atoms with van der Waals surface area (Å²) in [5, 5.41) is 0.754. The summed E-state index contributed by atoms with van der Waals surface area (Å²) >= 11 is 1.50. The lowest BCUT2D eigenvalue weighted by atomic mass is 10.1. The zero-order valence-corrected chi connectivity index (χ0v) is 13.8. The molecule has 0 radical (unpaired) electrons. The lowest BCUT2D eigenvalue weighted by Crippen LogP contribution is -2.39. The maximum Gasteiger partial charge on any atom is 0.226 e. The fraction of sp³-hybridized carbons (Fsp3) is 0.333. The number of thiol groups is 1. The van der Waals surface area contributed by atoms with Crippen molar-refractivity contribution in [3.05, 3.63) is 42.0 Å². The van der Waals surface area contributed by atoms with Gasteiger partial charge in [-0.25, -0.2) is 8.42 Å². The number of rotatable bonds is 3. The highest BCUT2D eigenvalue weighted by atomic mass is 32.2. The molecule has 0 saturated heterocycles. The standard InChI is InChI=1S/C15H19NO2S2/c1-11-5-7-12(8-6-11)13-9-10-14(19-13)16(20(17)18)15(2,3)4/h5-10,20H,1-4H3. The molecule has 0 aliphatic rings. The highest BCUT2D eigenvalue weighted by molar-refractivity contribution is 7.74. The van der Waals surface area contributed by atoms with E-state index < -0.39 is 16.4 Å². The molecule has 5 heteroatoms. The quantitative estimate of drug-likeness (QED) is 0.874. The molecular formula is C15H19NO2S2. The van der Waals surface area contributed by atoms with E-state index in [1.165, 1.54) is 21.2 Å². The topological polar surface area (TPSA) is 37.4 Å². The van der Waals surface area contributed by atoms with Crippen LogP contribution in [0.1, 0.15) is 26.3 Å². The molecule has 0 fully saturated rings.